The van der Waals surface area contributed by atoms with Gasteiger partial charge in [0.1, 0.15) is 11.8 Å². The Morgan fingerprint density at radius 2 is 1.96 bits per heavy atom. The average Bonchev–Trinajstić information content (AvgIpc) is 2.55. The van der Waals surface area contributed by atoms with Crippen molar-refractivity contribution in [2.24, 2.45) is 0 Å². The lowest BCUT2D eigenvalue weighted by molar-refractivity contribution is -0.116. The summed E-state index contributed by atoms with van der Waals surface area (Å²) < 4.78 is 10.4. The molecule has 5 nitrogen and oxygen atoms in total. The highest BCUT2D eigenvalue weighted by molar-refractivity contribution is 5.97. The smallest absolute Gasteiger partial charge is 0.246 e. The molecule has 1 atom stereocenters. The van der Waals surface area contributed by atoms with Crippen molar-refractivity contribution < 1.29 is 14.3 Å². The minimum Gasteiger partial charge on any atom is -0.495 e. The quantitative estimate of drug-likeness (QED) is 0.815. The molecule has 0 saturated carbocycles. The van der Waals surface area contributed by atoms with Gasteiger partial charge in [0, 0.05) is 12.8 Å². The van der Waals surface area contributed by atoms with Gasteiger partial charge in [-0.1, -0.05) is 18.2 Å². The summed E-state index contributed by atoms with van der Waals surface area (Å²) in [4.78, 5) is 12.5. The zero-order chi connectivity index (χ0) is 17.5. The number of carbonyl (C=O) groups excluding carboxylic acids is 1. The Bertz CT molecular complexity index is 701. The lowest BCUT2D eigenvalue weighted by Gasteiger charge is -2.17. The molecule has 0 aromatic heterocycles. The number of rotatable bonds is 7. The van der Waals surface area contributed by atoms with Gasteiger partial charge in [-0.2, -0.15) is 0 Å². The molecule has 0 fully saturated rings. The molecule has 2 aromatic carbocycles. The minimum atomic E-state index is -0.395. The molecular formula is C19H24N2O3. The molecule has 0 saturated heterocycles. The van der Waals surface area contributed by atoms with Crippen LogP contribution in [0.15, 0.2) is 42.5 Å². The zero-order valence-electron chi connectivity index (χ0n) is 14.6. The number of ether oxygens (including phenoxy) is 2. The van der Waals surface area contributed by atoms with Gasteiger partial charge in [-0.15, -0.1) is 0 Å². The van der Waals surface area contributed by atoms with E-state index in [9.17, 15) is 4.79 Å². The number of benzene rings is 2. The van der Waals surface area contributed by atoms with Gasteiger partial charge in [-0.3, -0.25) is 4.79 Å². The lowest BCUT2D eigenvalue weighted by Crippen LogP contribution is -2.32. The predicted molar refractivity (Wildman–Crippen MR) is 96.6 cm³/mol. The second-order valence-electron chi connectivity index (χ2n) is 5.69. The molecule has 2 rings (SSSR count). The number of methoxy groups -OCH3 is 2. The van der Waals surface area contributed by atoms with E-state index in [-0.39, 0.29) is 5.91 Å². The third-order valence-electron chi connectivity index (χ3n) is 3.63. The number of amides is 1. The van der Waals surface area contributed by atoms with Crippen LogP contribution in [0.25, 0.3) is 0 Å². The molecule has 0 aliphatic heterocycles. The van der Waals surface area contributed by atoms with Crippen molar-refractivity contribution in [1.82, 2.24) is 0 Å². The monoisotopic (exact) mass is 328 g/mol. The fourth-order valence-electron chi connectivity index (χ4n) is 2.39. The van der Waals surface area contributed by atoms with Crippen LogP contribution in [0, 0.1) is 6.92 Å². The van der Waals surface area contributed by atoms with Crippen LogP contribution in [-0.4, -0.2) is 26.2 Å². The van der Waals surface area contributed by atoms with Crippen LogP contribution >= 0.6 is 0 Å². The largest absolute Gasteiger partial charge is 0.495 e. The molecule has 24 heavy (non-hydrogen) atoms. The lowest BCUT2D eigenvalue weighted by atomic mass is 10.1. The summed E-state index contributed by atoms with van der Waals surface area (Å²) in [6.07, 6.45) is 0. The van der Waals surface area contributed by atoms with Crippen molar-refractivity contribution >= 4 is 17.3 Å². The fraction of sp³-hybridized carbons (Fsp3) is 0.316. The number of nitrogens with one attached hydrogen (secondary N) is 2. The molecule has 0 radical (unpaired) electrons. The number of carbonyl (C=O) groups is 1. The maximum Gasteiger partial charge on any atom is 0.246 e. The van der Waals surface area contributed by atoms with Gasteiger partial charge in [0.25, 0.3) is 0 Å². The molecule has 0 aliphatic carbocycles. The number of hydrogen-bond donors (Lipinski definition) is 2. The van der Waals surface area contributed by atoms with E-state index in [2.05, 4.69) is 10.6 Å². The van der Waals surface area contributed by atoms with E-state index in [1.165, 1.54) is 0 Å². The molecule has 1 amide bonds. The molecular weight excluding hydrogens is 304 g/mol. The first-order valence-corrected chi connectivity index (χ1v) is 7.83. The summed E-state index contributed by atoms with van der Waals surface area (Å²) in [7, 11) is 3.24. The normalized spacial score (nSPS) is 11.7. The third-order valence-corrected chi connectivity index (χ3v) is 3.63. The maximum absolute atomic E-state index is 12.5. The molecule has 2 N–H and O–H groups in total. The Kier molecular flexibility index (Phi) is 6.21. The minimum absolute atomic E-state index is 0.129. The zero-order valence-corrected chi connectivity index (χ0v) is 14.6. The van der Waals surface area contributed by atoms with Crippen molar-refractivity contribution in [1.29, 1.82) is 0 Å². The third kappa shape index (κ3) is 4.73. The van der Waals surface area contributed by atoms with Crippen molar-refractivity contribution in [2.75, 3.05) is 24.9 Å². The Morgan fingerprint density at radius 1 is 1.17 bits per heavy atom. The summed E-state index contributed by atoms with van der Waals surface area (Å²) in [5, 5.41) is 6.12. The summed E-state index contributed by atoms with van der Waals surface area (Å²) in [5.74, 6) is 0.513. The van der Waals surface area contributed by atoms with Crippen LogP contribution < -0.4 is 15.4 Å². The van der Waals surface area contributed by atoms with E-state index in [4.69, 9.17) is 9.47 Å². The first-order chi connectivity index (χ1) is 11.5. The average molecular weight is 328 g/mol. The van der Waals surface area contributed by atoms with Crippen molar-refractivity contribution in [3.63, 3.8) is 0 Å². The first kappa shape index (κ1) is 17.8. The van der Waals surface area contributed by atoms with E-state index in [1.54, 1.807) is 14.2 Å². The van der Waals surface area contributed by atoms with Gasteiger partial charge in [0.15, 0.2) is 0 Å². The van der Waals surface area contributed by atoms with Crippen LogP contribution in [-0.2, 0) is 16.1 Å². The van der Waals surface area contributed by atoms with Crippen LogP contribution in [0.2, 0.25) is 0 Å². The number of hydrogen-bond acceptors (Lipinski definition) is 4. The van der Waals surface area contributed by atoms with Crippen LogP contribution in [0.1, 0.15) is 18.1 Å². The molecule has 2 aromatic rings. The van der Waals surface area contributed by atoms with Crippen LogP contribution in [0.3, 0.4) is 0 Å². The molecule has 1 unspecified atom stereocenters. The summed E-state index contributed by atoms with van der Waals surface area (Å²) >= 11 is 0. The standard InChI is InChI=1S/C19H24N2O3/c1-13-8-9-18(24-4)17(10-13)21-19(22)14(2)20-16-7-5-6-15(11-16)12-23-3/h5-11,14,20H,12H2,1-4H3,(H,21,22). The van der Waals surface area contributed by atoms with Gasteiger partial charge in [0.2, 0.25) is 5.91 Å². The summed E-state index contributed by atoms with van der Waals surface area (Å²) in [6, 6.07) is 13.1. The highest BCUT2D eigenvalue weighted by Gasteiger charge is 2.15. The van der Waals surface area contributed by atoms with Crippen molar-refractivity contribution in [2.45, 2.75) is 26.5 Å². The Hall–Kier alpha value is -2.53. The van der Waals surface area contributed by atoms with E-state index in [0.717, 1.165) is 16.8 Å². The van der Waals surface area contributed by atoms with Crippen LogP contribution in [0.4, 0.5) is 11.4 Å². The van der Waals surface area contributed by atoms with Gasteiger partial charge < -0.3 is 20.1 Å². The van der Waals surface area contributed by atoms with Gasteiger partial charge in [0.05, 0.1) is 19.4 Å². The highest BCUT2D eigenvalue weighted by atomic mass is 16.5. The van der Waals surface area contributed by atoms with E-state index < -0.39 is 6.04 Å². The number of aryl methyl sites for hydroxylation is 1. The fourth-order valence-corrected chi connectivity index (χ4v) is 2.39. The summed E-state index contributed by atoms with van der Waals surface area (Å²) in [5.41, 5.74) is 3.65. The second kappa shape index (κ2) is 8.36. The van der Waals surface area contributed by atoms with E-state index in [1.807, 2.05) is 56.3 Å². The topological polar surface area (TPSA) is 59.6 Å². The van der Waals surface area contributed by atoms with Gasteiger partial charge in [-0.05, 0) is 49.2 Å². The molecule has 5 heteroatoms. The van der Waals surface area contributed by atoms with Crippen molar-refractivity contribution in [3.8, 4) is 5.75 Å². The molecule has 0 aliphatic rings. The highest BCUT2D eigenvalue weighted by Crippen LogP contribution is 2.25. The Labute approximate surface area is 143 Å². The maximum atomic E-state index is 12.5. The van der Waals surface area contributed by atoms with Gasteiger partial charge >= 0.3 is 0 Å². The van der Waals surface area contributed by atoms with E-state index >= 15 is 0 Å². The number of anilines is 2. The molecule has 128 valence electrons. The second-order valence-corrected chi connectivity index (χ2v) is 5.69. The first-order valence-electron chi connectivity index (χ1n) is 7.83. The van der Waals surface area contributed by atoms with Gasteiger partial charge in [-0.25, -0.2) is 0 Å². The molecule has 0 bridgehead atoms. The van der Waals surface area contributed by atoms with Crippen LogP contribution in [0.5, 0.6) is 5.75 Å². The predicted octanol–water partition coefficient (Wildman–Crippen LogP) is 3.59. The summed E-state index contributed by atoms with van der Waals surface area (Å²) in [6.45, 7) is 4.33. The van der Waals surface area contributed by atoms with Crippen molar-refractivity contribution in [3.05, 3.63) is 53.6 Å². The van der Waals surface area contributed by atoms with E-state index in [0.29, 0.717) is 18.0 Å². The molecule has 0 spiro atoms. The Morgan fingerprint density at radius 3 is 2.67 bits per heavy atom. The molecule has 0 heterocycles. The SMILES string of the molecule is COCc1cccc(NC(C)C(=O)Nc2cc(C)ccc2OC)c1. The Balaban J connectivity index is 2.05.